The molecule has 0 spiro atoms. The molecule has 1 heterocycles. The van der Waals surface area contributed by atoms with E-state index in [0.29, 0.717) is 15.9 Å². The first kappa shape index (κ1) is 17.6. The van der Waals surface area contributed by atoms with E-state index in [1.54, 1.807) is 30.3 Å². The number of benzene rings is 3. The number of hydrogen-bond acceptors (Lipinski definition) is 7. The highest BCUT2D eigenvalue weighted by atomic mass is 32.2. The molecule has 136 valence electrons. The molecule has 3 aromatic carbocycles. The van der Waals surface area contributed by atoms with Gasteiger partial charge in [-0.1, -0.05) is 17.8 Å². The Morgan fingerprint density at radius 2 is 1.59 bits per heavy atom. The third-order valence-electron chi connectivity index (χ3n) is 3.63. The van der Waals surface area contributed by atoms with Gasteiger partial charge in [-0.15, -0.1) is 0 Å². The maximum atomic E-state index is 13.8. The predicted octanol–water partition coefficient (Wildman–Crippen LogP) is 5.48. The molecule has 0 saturated heterocycles. The molecule has 0 fully saturated rings. The SMILES string of the molecule is Oc1ccc(Sc2ccc(SNc3cccc(F)c3F)c3nonc23)cc1. The van der Waals surface area contributed by atoms with Crippen molar-refractivity contribution < 1.29 is 18.5 Å². The van der Waals surface area contributed by atoms with Gasteiger partial charge in [-0.05, 0) is 70.8 Å². The Kier molecular flexibility index (Phi) is 4.87. The molecular formula is C18H11F2N3O2S2. The van der Waals surface area contributed by atoms with Crippen molar-refractivity contribution in [3.63, 3.8) is 0 Å². The van der Waals surface area contributed by atoms with E-state index in [9.17, 15) is 13.9 Å². The lowest BCUT2D eigenvalue weighted by Crippen LogP contribution is -1.94. The summed E-state index contributed by atoms with van der Waals surface area (Å²) in [5.41, 5.74) is 1.10. The quantitative estimate of drug-likeness (QED) is 0.428. The van der Waals surface area contributed by atoms with Crippen LogP contribution in [0.1, 0.15) is 0 Å². The second kappa shape index (κ2) is 7.45. The maximum Gasteiger partial charge on any atom is 0.182 e. The van der Waals surface area contributed by atoms with Gasteiger partial charge in [-0.25, -0.2) is 13.4 Å². The smallest absolute Gasteiger partial charge is 0.182 e. The largest absolute Gasteiger partial charge is 0.508 e. The number of aromatic hydroxyl groups is 1. The first-order chi connectivity index (χ1) is 13.1. The summed E-state index contributed by atoms with van der Waals surface area (Å²) in [6.45, 7) is 0. The van der Waals surface area contributed by atoms with Gasteiger partial charge in [0.1, 0.15) is 11.3 Å². The van der Waals surface area contributed by atoms with E-state index in [2.05, 4.69) is 15.0 Å². The van der Waals surface area contributed by atoms with Gasteiger partial charge in [-0.3, -0.25) is 0 Å². The summed E-state index contributed by atoms with van der Waals surface area (Å²) in [4.78, 5) is 2.39. The second-order valence-electron chi connectivity index (χ2n) is 5.42. The number of nitrogens with zero attached hydrogens (tertiary/aromatic N) is 2. The van der Waals surface area contributed by atoms with Crippen molar-refractivity contribution in [1.29, 1.82) is 0 Å². The maximum absolute atomic E-state index is 13.8. The molecule has 4 aromatic rings. The molecule has 27 heavy (non-hydrogen) atoms. The molecule has 0 radical (unpaired) electrons. The zero-order valence-corrected chi connectivity index (χ0v) is 15.2. The molecule has 0 unspecified atom stereocenters. The predicted molar refractivity (Wildman–Crippen MR) is 99.9 cm³/mol. The molecule has 0 aliphatic rings. The van der Waals surface area contributed by atoms with Crippen LogP contribution in [0.4, 0.5) is 14.5 Å². The van der Waals surface area contributed by atoms with Crippen LogP contribution >= 0.6 is 23.7 Å². The first-order valence-electron chi connectivity index (χ1n) is 7.71. The summed E-state index contributed by atoms with van der Waals surface area (Å²) < 4.78 is 34.7. The van der Waals surface area contributed by atoms with E-state index in [4.69, 9.17) is 4.63 Å². The molecule has 2 N–H and O–H groups in total. The van der Waals surface area contributed by atoms with Gasteiger partial charge in [0.2, 0.25) is 0 Å². The Morgan fingerprint density at radius 1 is 0.889 bits per heavy atom. The molecule has 0 aliphatic heterocycles. The van der Waals surface area contributed by atoms with Gasteiger partial charge in [0.25, 0.3) is 0 Å². The highest BCUT2D eigenvalue weighted by Gasteiger charge is 2.15. The standard InChI is InChI=1S/C18H11F2N3O2S2/c19-12-2-1-3-13(16(12)20)23-27-15-9-8-14(17-18(15)22-25-21-17)26-11-6-4-10(24)5-7-11/h1-9,23-24H. The number of rotatable bonds is 5. The van der Waals surface area contributed by atoms with Crippen LogP contribution in [0.25, 0.3) is 11.0 Å². The fraction of sp³-hybridized carbons (Fsp3) is 0. The van der Waals surface area contributed by atoms with Crippen LogP contribution in [0.5, 0.6) is 5.75 Å². The van der Waals surface area contributed by atoms with Crippen LogP contribution in [0.3, 0.4) is 0 Å². The number of halogens is 2. The van der Waals surface area contributed by atoms with E-state index in [1.807, 2.05) is 6.07 Å². The number of fused-ring (bicyclic) bond motifs is 1. The minimum absolute atomic E-state index is 0.0344. The first-order valence-corrected chi connectivity index (χ1v) is 9.34. The molecule has 9 heteroatoms. The summed E-state index contributed by atoms with van der Waals surface area (Å²) in [5.74, 6) is -1.68. The molecule has 1 aromatic heterocycles. The van der Waals surface area contributed by atoms with Crippen LogP contribution in [0.15, 0.2) is 73.9 Å². The molecule has 0 amide bonds. The molecule has 0 saturated carbocycles. The number of phenolic OH excluding ortho intramolecular Hbond substituents is 1. The summed E-state index contributed by atoms with van der Waals surface area (Å²) in [5, 5.41) is 17.2. The third kappa shape index (κ3) is 3.69. The van der Waals surface area contributed by atoms with Crippen molar-refractivity contribution >= 4 is 40.4 Å². The topological polar surface area (TPSA) is 71.2 Å². The molecular weight excluding hydrogens is 392 g/mol. The Balaban J connectivity index is 1.59. The summed E-state index contributed by atoms with van der Waals surface area (Å²) in [7, 11) is 0. The fourth-order valence-electron chi connectivity index (χ4n) is 2.32. The van der Waals surface area contributed by atoms with Gasteiger partial charge in [-0.2, -0.15) is 0 Å². The van der Waals surface area contributed by atoms with Crippen molar-refractivity contribution in [3.05, 3.63) is 66.2 Å². The second-order valence-corrected chi connectivity index (χ2v) is 7.39. The number of hydrogen-bond donors (Lipinski definition) is 2. The van der Waals surface area contributed by atoms with Crippen molar-refractivity contribution in [2.24, 2.45) is 0 Å². The molecule has 0 bridgehead atoms. The van der Waals surface area contributed by atoms with Crippen molar-refractivity contribution in [2.45, 2.75) is 14.7 Å². The summed E-state index contributed by atoms with van der Waals surface area (Å²) in [6, 6.07) is 14.3. The summed E-state index contributed by atoms with van der Waals surface area (Å²) in [6.07, 6.45) is 0. The van der Waals surface area contributed by atoms with E-state index in [0.717, 1.165) is 27.8 Å². The highest BCUT2D eigenvalue weighted by Crippen LogP contribution is 2.37. The molecule has 0 atom stereocenters. The van der Waals surface area contributed by atoms with Gasteiger partial charge in [0.15, 0.2) is 17.2 Å². The Morgan fingerprint density at radius 3 is 2.37 bits per heavy atom. The monoisotopic (exact) mass is 403 g/mol. The van der Waals surface area contributed by atoms with E-state index in [-0.39, 0.29) is 11.4 Å². The van der Waals surface area contributed by atoms with Gasteiger partial charge >= 0.3 is 0 Å². The zero-order chi connectivity index (χ0) is 18.8. The number of nitrogens with one attached hydrogen (secondary N) is 1. The normalized spacial score (nSPS) is 11.0. The van der Waals surface area contributed by atoms with E-state index >= 15 is 0 Å². The van der Waals surface area contributed by atoms with E-state index in [1.165, 1.54) is 23.9 Å². The van der Waals surface area contributed by atoms with Crippen LogP contribution in [-0.2, 0) is 0 Å². The number of aromatic nitrogens is 2. The molecule has 4 rings (SSSR count). The Bertz CT molecular complexity index is 1100. The van der Waals surface area contributed by atoms with Gasteiger partial charge < -0.3 is 9.83 Å². The Labute approximate surface area is 160 Å². The van der Waals surface area contributed by atoms with Crippen LogP contribution in [0.2, 0.25) is 0 Å². The zero-order valence-electron chi connectivity index (χ0n) is 13.5. The van der Waals surface area contributed by atoms with E-state index < -0.39 is 11.6 Å². The van der Waals surface area contributed by atoms with Crippen LogP contribution < -0.4 is 4.72 Å². The minimum Gasteiger partial charge on any atom is -0.508 e. The minimum atomic E-state index is -0.945. The fourth-order valence-corrected chi connectivity index (χ4v) is 3.96. The Hall–Kier alpha value is -2.78. The summed E-state index contributed by atoms with van der Waals surface area (Å²) >= 11 is 2.53. The lowest BCUT2D eigenvalue weighted by atomic mass is 10.3. The molecule has 5 nitrogen and oxygen atoms in total. The molecule has 0 aliphatic carbocycles. The third-order valence-corrected chi connectivity index (χ3v) is 5.56. The van der Waals surface area contributed by atoms with Crippen molar-refractivity contribution in [2.75, 3.05) is 4.72 Å². The van der Waals surface area contributed by atoms with Gasteiger partial charge in [0, 0.05) is 9.79 Å². The van der Waals surface area contributed by atoms with Gasteiger partial charge in [0.05, 0.1) is 10.6 Å². The number of anilines is 1. The highest BCUT2D eigenvalue weighted by molar-refractivity contribution is 8.01. The van der Waals surface area contributed by atoms with Crippen molar-refractivity contribution in [1.82, 2.24) is 10.3 Å². The lowest BCUT2D eigenvalue weighted by Gasteiger charge is -2.08. The number of phenols is 1. The average molecular weight is 403 g/mol. The average Bonchev–Trinajstić information content (AvgIpc) is 3.16. The lowest BCUT2D eigenvalue weighted by molar-refractivity contribution is 0.314. The van der Waals surface area contributed by atoms with Crippen molar-refractivity contribution in [3.8, 4) is 5.75 Å². The van der Waals surface area contributed by atoms with Crippen LogP contribution in [-0.4, -0.2) is 15.4 Å². The van der Waals surface area contributed by atoms with Crippen LogP contribution in [0, 0.1) is 11.6 Å².